The fraction of sp³-hybridized carbons (Fsp3) is 0.176. The Labute approximate surface area is 143 Å². The second kappa shape index (κ2) is 8.04. The number of rotatable bonds is 6. The van der Waals surface area contributed by atoms with Crippen molar-refractivity contribution in [2.45, 2.75) is 17.9 Å². The predicted molar refractivity (Wildman–Crippen MR) is 91.6 cm³/mol. The molecule has 0 unspecified atom stereocenters. The summed E-state index contributed by atoms with van der Waals surface area (Å²) in [5, 5.41) is 13.7. The Morgan fingerprint density at radius 2 is 1.91 bits per heavy atom. The number of carboxylic acids is 1. The Morgan fingerprint density at radius 3 is 2.57 bits per heavy atom. The summed E-state index contributed by atoms with van der Waals surface area (Å²) in [4.78, 5) is 23.3. The number of benzene rings is 2. The van der Waals surface area contributed by atoms with E-state index in [1.807, 2.05) is 30.3 Å². The first kappa shape index (κ1) is 17.4. The van der Waals surface area contributed by atoms with Gasteiger partial charge in [-0.15, -0.1) is 11.8 Å². The minimum Gasteiger partial charge on any atom is -0.545 e. The zero-order valence-electron chi connectivity index (χ0n) is 12.4. The molecule has 4 nitrogen and oxygen atoms in total. The van der Waals surface area contributed by atoms with Crippen molar-refractivity contribution in [2.75, 3.05) is 5.32 Å². The van der Waals surface area contributed by atoms with Gasteiger partial charge in [0.15, 0.2) is 0 Å². The molecule has 1 atom stereocenters. The van der Waals surface area contributed by atoms with Gasteiger partial charge in [-0.05, 0) is 30.7 Å². The third-order valence-electron chi connectivity index (χ3n) is 3.17. The number of amides is 1. The summed E-state index contributed by atoms with van der Waals surface area (Å²) in [6.07, 6.45) is 0. The molecule has 0 aliphatic carbocycles. The molecular formula is C17H15ClNO3S-. The molecule has 2 rings (SSSR count). The second-order valence-corrected chi connectivity index (χ2v) is 6.67. The Hall–Kier alpha value is -1.98. The van der Waals surface area contributed by atoms with E-state index in [9.17, 15) is 14.7 Å². The molecule has 0 aliphatic heterocycles. The van der Waals surface area contributed by atoms with E-state index in [2.05, 4.69) is 5.32 Å². The molecule has 0 saturated carbocycles. The molecule has 0 fully saturated rings. The number of halogens is 1. The summed E-state index contributed by atoms with van der Waals surface area (Å²) < 4.78 is 0. The maximum absolute atomic E-state index is 12.2. The molecule has 0 spiro atoms. The van der Waals surface area contributed by atoms with Gasteiger partial charge >= 0.3 is 0 Å². The van der Waals surface area contributed by atoms with Gasteiger partial charge < -0.3 is 15.2 Å². The van der Waals surface area contributed by atoms with E-state index in [-0.39, 0.29) is 22.4 Å². The Balaban J connectivity index is 2.01. The van der Waals surface area contributed by atoms with Gasteiger partial charge in [-0.25, -0.2) is 0 Å². The number of carbonyl (C=O) groups excluding carboxylic acids is 2. The minimum atomic E-state index is -1.36. The Morgan fingerprint density at radius 1 is 1.22 bits per heavy atom. The lowest BCUT2D eigenvalue weighted by atomic mass is 10.1. The SMILES string of the molecule is C[C@H](SCc1ccccc1)C(=O)Nc1cc(Cl)ccc1C(=O)[O-]. The number of carboxylic acid groups (broad SMARTS) is 1. The molecule has 0 aliphatic rings. The van der Waals surface area contributed by atoms with E-state index in [0.29, 0.717) is 10.8 Å². The molecule has 2 aromatic rings. The van der Waals surface area contributed by atoms with E-state index in [4.69, 9.17) is 11.6 Å². The minimum absolute atomic E-state index is 0.0944. The lowest BCUT2D eigenvalue weighted by molar-refractivity contribution is -0.254. The number of hydrogen-bond acceptors (Lipinski definition) is 4. The summed E-state index contributed by atoms with van der Waals surface area (Å²) in [5.41, 5.74) is 1.17. The molecule has 2 aromatic carbocycles. The van der Waals surface area contributed by atoms with E-state index in [0.717, 1.165) is 5.56 Å². The number of nitrogens with one attached hydrogen (secondary N) is 1. The van der Waals surface area contributed by atoms with Crippen molar-refractivity contribution in [2.24, 2.45) is 0 Å². The average molecular weight is 349 g/mol. The van der Waals surface area contributed by atoms with Crippen molar-refractivity contribution in [3.63, 3.8) is 0 Å². The highest BCUT2D eigenvalue weighted by Crippen LogP contribution is 2.23. The zero-order chi connectivity index (χ0) is 16.8. The van der Waals surface area contributed by atoms with E-state index in [1.54, 1.807) is 6.92 Å². The van der Waals surface area contributed by atoms with Crippen LogP contribution in [-0.4, -0.2) is 17.1 Å². The molecule has 6 heteroatoms. The van der Waals surface area contributed by atoms with Crippen LogP contribution in [0.5, 0.6) is 0 Å². The molecule has 0 aromatic heterocycles. The van der Waals surface area contributed by atoms with E-state index < -0.39 is 5.97 Å². The lowest BCUT2D eigenvalue weighted by Gasteiger charge is -2.15. The van der Waals surface area contributed by atoms with Gasteiger partial charge in [0.2, 0.25) is 5.91 Å². The third-order valence-corrected chi connectivity index (χ3v) is 4.62. The number of thioether (sulfide) groups is 1. The summed E-state index contributed by atoms with van der Waals surface area (Å²) in [6, 6.07) is 14.0. The number of anilines is 1. The van der Waals surface area contributed by atoms with Crippen molar-refractivity contribution in [1.29, 1.82) is 0 Å². The smallest absolute Gasteiger partial charge is 0.237 e. The van der Waals surface area contributed by atoms with Gasteiger partial charge in [-0.1, -0.05) is 41.9 Å². The first-order valence-electron chi connectivity index (χ1n) is 6.94. The Bertz CT molecular complexity index is 706. The van der Waals surface area contributed by atoms with Crippen molar-refractivity contribution >= 4 is 40.9 Å². The fourth-order valence-corrected chi connectivity index (χ4v) is 2.92. The molecule has 23 heavy (non-hydrogen) atoms. The monoisotopic (exact) mass is 348 g/mol. The van der Waals surface area contributed by atoms with E-state index >= 15 is 0 Å². The van der Waals surface area contributed by atoms with Crippen LogP contribution in [0.2, 0.25) is 5.02 Å². The highest BCUT2D eigenvalue weighted by molar-refractivity contribution is 7.99. The first-order valence-corrected chi connectivity index (χ1v) is 8.37. The largest absolute Gasteiger partial charge is 0.545 e. The van der Waals surface area contributed by atoms with Gasteiger partial charge in [0, 0.05) is 16.3 Å². The van der Waals surface area contributed by atoms with Crippen LogP contribution in [-0.2, 0) is 10.5 Å². The highest BCUT2D eigenvalue weighted by atomic mass is 35.5. The molecule has 0 bridgehead atoms. The van der Waals surface area contributed by atoms with Crippen LogP contribution < -0.4 is 10.4 Å². The van der Waals surface area contributed by atoms with Gasteiger partial charge in [-0.3, -0.25) is 4.79 Å². The summed E-state index contributed by atoms with van der Waals surface area (Å²) in [7, 11) is 0. The maximum Gasteiger partial charge on any atom is 0.237 e. The number of aromatic carboxylic acids is 1. The molecule has 0 radical (unpaired) electrons. The summed E-state index contributed by atoms with van der Waals surface area (Å²) in [6.45, 7) is 1.77. The topological polar surface area (TPSA) is 69.2 Å². The van der Waals surface area contributed by atoms with Crippen molar-refractivity contribution < 1.29 is 14.7 Å². The van der Waals surface area contributed by atoms with Crippen LogP contribution in [0, 0.1) is 0 Å². The van der Waals surface area contributed by atoms with Crippen LogP contribution in [0.25, 0.3) is 0 Å². The standard InChI is InChI=1S/C17H16ClNO3S/c1-11(23-10-12-5-3-2-4-6-12)16(20)19-15-9-13(18)7-8-14(15)17(21)22/h2-9,11H,10H2,1H3,(H,19,20)(H,21,22)/p-1/t11-/m0/s1. The summed E-state index contributed by atoms with van der Waals surface area (Å²) in [5.74, 6) is -0.949. The molecule has 0 heterocycles. The van der Waals surface area contributed by atoms with Gasteiger partial charge in [0.05, 0.1) is 16.9 Å². The predicted octanol–water partition coefficient (Wildman–Crippen LogP) is 2.96. The fourth-order valence-electron chi connectivity index (χ4n) is 1.90. The van der Waals surface area contributed by atoms with Crippen LogP contribution in [0.3, 0.4) is 0 Å². The number of hydrogen-bond donors (Lipinski definition) is 1. The van der Waals surface area contributed by atoms with Gasteiger partial charge in [-0.2, -0.15) is 0 Å². The van der Waals surface area contributed by atoms with E-state index in [1.165, 1.54) is 30.0 Å². The Kier molecular flexibility index (Phi) is 6.07. The average Bonchev–Trinajstić information content (AvgIpc) is 2.53. The van der Waals surface area contributed by atoms with Crippen LogP contribution in [0.15, 0.2) is 48.5 Å². The first-order chi connectivity index (χ1) is 11.0. The summed E-state index contributed by atoms with van der Waals surface area (Å²) >= 11 is 7.32. The lowest BCUT2D eigenvalue weighted by Crippen LogP contribution is -2.27. The van der Waals surface area contributed by atoms with Crippen LogP contribution >= 0.6 is 23.4 Å². The van der Waals surface area contributed by atoms with Gasteiger partial charge in [0.1, 0.15) is 0 Å². The zero-order valence-corrected chi connectivity index (χ0v) is 14.0. The van der Waals surface area contributed by atoms with Crippen molar-refractivity contribution in [1.82, 2.24) is 0 Å². The molecule has 0 saturated heterocycles. The molecule has 1 amide bonds. The van der Waals surface area contributed by atoms with Crippen LogP contribution in [0.1, 0.15) is 22.8 Å². The molecule has 1 N–H and O–H groups in total. The van der Waals surface area contributed by atoms with Gasteiger partial charge in [0.25, 0.3) is 0 Å². The molecular weight excluding hydrogens is 334 g/mol. The second-order valence-electron chi connectivity index (χ2n) is 4.91. The highest BCUT2D eigenvalue weighted by Gasteiger charge is 2.16. The third kappa shape index (κ3) is 5.01. The number of carbonyl (C=O) groups is 2. The van der Waals surface area contributed by atoms with Crippen molar-refractivity contribution in [3.8, 4) is 0 Å². The maximum atomic E-state index is 12.2. The quantitative estimate of drug-likeness (QED) is 0.871. The van der Waals surface area contributed by atoms with Crippen LogP contribution in [0.4, 0.5) is 5.69 Å². The molecule has 120 valence electrons. The van der Waals surface area contributed by atoms with Crippen molar-refractivity contribution in [3.05, 3.63) is 64.7 Å². The normalized spacial score (nSPS) is 11.7.